The second-order valence-corrected chi connectivity index (χ2v) is 5.11. The maximum Gasteiger partial charge on any atom is 0.219 e. The van der Waals surface area contributed by atoms with E-state index in [1.165, 1.54) is 0 Å². The maximum absolute atomic E-state index is 9.31. The summed E-state index contributed by atoms with van der Waals surface area (Å²) in [6.07, 6.45) is 0.816. The van der Waals surface area contributed by atoms with Crippen LogP contribution in [0.5, 0.6) is 11.6 Å². The summed E-state index contributed by atoms with van der Waals surface area (Å²) in [4.78, 5) is 4.46. The number of para-hydroxylation sites is 1. The third-order valence-corrected chi connectivity index (χ3v) is 3.22. The Morgan fingerprint density at radius 1 is 1.20 bits per heavy atom. The lowest BCUT2D eigenvalue weighted by Gasteiger charge is -2.14. The quantitative estimate of drug-likeness (QED) is 0.892. The first kappa shape index (κ1) is 14.5. The van der Waals surface area contributed by atoms with Crippen LogP contribution in [0, 0.1) is 0 Å². The molecule has 0 unspecified atom stereocenters. The Balaban J connectivity index is 2.34. The molecule has 2 aromatic rings. The molecule has 3 nitrogen and oxygen atoms in total. The second-order valence-electron chi connectivity index (χ2n) is 5.11. The maximum atomic E-state index is 9.31. The van der Waals surface area contributed by atoms with Gasteiger partial charge in [0.2, 0.25) is 5.88 Å². The van der Waals surface area contributed by atoms with E-state index in [1.807, 2.05) is 31.2 Å². The van der Waals surface area contributed by atoms with Crippen molar-refractivity contribution < 1.29 is 9.84 Å². The largest absolute Gasteiger partial charge is 0.439 e. The predicted octanol–water partition coefficient (Wildman–Crippen LogP) is 4.05. The fourth-order valence-electron chi connectivity index (χ4n) is 2.11. The average Bonchev–Trinajstić information content (AvgIpc) is 2.47. The summed E-state index contributed by atoms with van der Waals surface area (Å²) in [6.45, 7) is 6.31. The van der Waals surface area contributed by atoms with Gasteiger partial charge in [-0.05, 0) is 35.6 Å². The summed E-state index contributed by atoms with van der Waals surface area (Å²) < 4.78 is 5.93. The summed E-state index contributed by atoms with van der Waals surface area (Å²) in [5.74, 6) is 1.76. The number of pyridine rings is 1. The third kappa shape index (κ3) is 3.36. The highest BCUT2D eigenvalue weighted by Gasteiger charge is 2.09. The van der Waals surface area contributed by atoms with Gasteiger partial charge >= 0.3 is 0 Å². The molecule has 0 radical (unpaired) electrons. The van der Waals surface area contributed by atoms with Crippen LogP contribution in [0.15, 0.2) is 36.4 Å². The summed E-state index contributed by atoms with van der Waals surface area (Å²) >= 11 is 0. The van der Waals surface area contributed by atoms with E-state index in [9.17, 15) is 5.11 Å². The molecule has 0 aliphatic carbocycles. The number of aliphatic hydroxyl groups excluding tert-OH is 1. The van der Waals surface area contributed by atoms with Crippen molar-refractivity contribution in [3.05, 3.63) is 53.2 Å². The van der Waals surface area contributed by atoms with E-state index in [2.05, 4.69) is 24.9 Å². The SMILES string of the molecule is CCc1cc(CO)cc(Oc2ccccc2C(C)C)n1. The lowest BCUT2D eigenvalue weighted by molar-refractivity contribution is 0.280. The van der Waals surface area contributed by atoms with Gasteiger partial charge in [0.05, 0.1) is 6.61 Å². The van der Waals surface area contributed by atoms with E-state index < -0.39 is 0 Å². The van der Waals surface area contributed by atoms with Gasteiger partial charge in [0, 0.05) is 11.8 Å². The van der Waals surface area contributed by atoms with Gasteiger partial charge in [-0.1, -0.05) is 39.0 Å². The lowest BCUT2D eigenvalue weighted by Crippen LogP contribution is -1.98. The fraction of sp³-hybridized carbons (Fsp3) is 0.353. The smallest absolute Gasteiger partial charge is 0.219 e. The van der Waals surface area contributed by atoms with E-state index >= 15 is 0 Å². The van der Waals surface area contributed by atoms with E-state index in [0.717, 1.165) is 29.0 Å². The molecule has 1 N–H and O–H groups in total. The minimum absolute atomic E-state index is 0.00227. The van der Waals surface area contributed by atoms with Crippen molar-refractivity contribution >= 4 is 0 Å². The van der Waals surface area contributed by atoms with Crippen molar-refractivity contribution in [1.29, 1.82) is 0 Å². The van der Waals surface area contributed by atoms with E-state index in [4.69, 9.17) is 4.74 Å². The standard InChI is InChI=1S/C17H21NO2/c1-4-14-9-13(11-19)10-17(18-14)20-16-8-6-5-7-15(16)12(2)3/h5-10,12,19H,4,11H2,1-3H3. The summed E-state index contributed by atoms with van der Waals surface area (Å²) in [6, 6.07) is 11.7. The zero-order valence-corrected chi connectivity index (χ0v) is 12.3. The molecule has 106 valence electrons. The van der Waals surface area contributed by atoms with Gasteiger partial charge in [-0.2, -0.15) is 0 Å². The second kappa shape index (κ2) is 6.53. The number of ether oxygens (including phenoxy) is 1. The Kier molecular flexibility index (Phi) is 4.74. The number of aliphatic hydroxyl groups is 1. The Morgan fingerprint density at radius 3 is 2.60 bits per heavy atom. The third-order valence-electron chi connectivity index (χ3n) is 3.22. The van der Waals surface area contributed by atoms with Crippen LogP contribution in [-0.2, 0) is 13.0 Å². The highest BCUT2D eigenvalue weighted by atomic mass is 16.5. The summed E-state index contributed by atoms with van der Waals surface area (Å²) in [7, 11) is 0. The molecule has 0 fully saturated rings. The molecule has 0 saturated heterocycles. The van der Waals surface area contributed by atoms with Crippen molar-refractivity contribution in [2.45, 2.75) is 39.7 Å². The molecule has 0 atom stereocenters. The van der Waals surface area contributed by atoms with Crippen LogP contribution in [0.25, 0.3) is 0 Å². The number of aryl methyl sites for hydroxylation is 1. The van der Waals surface area contributed by atoms with Crippen molar-refractivity contribution in [3.63, 3.8) is 0 Å². The zero-order valence-electron chi connectivity index (χ0n) is 12.3. The summed E-state index contributed by atoms with van der Waals surface area (Å²) in [5, 5.41) is 9.31. The average molecular weight is 271 g/mol. The molecular formula is C17H21NO2. The Labute approximate surface area is 120 Å². The number of hydrogen-bond acceptors (Lipinski definition) is 3. The molecule has 0 spiro atoms. The van der Waals surface area contributed by atoms with Crippen LogP contribution in [0.4, 0.5) is 0 Å². The molecule has 0 aliphatic heterocycles. The van der Waals surface area contributed by atoms with Crippen molar-refractivity contribution in [1.82, 2.24) is 4.98 Å². The van der Waals surface area contributed by atoms with Gasteiger partial charge in [-0.3, -0.25) is 0 Å². The van der Waals surface area contributed by atoms with Crippen LogP contribution in [0.3, 0.4) is 0 Å². The van der Waals surface area contributed by atoms with Gasteiger partial charge < -0.3 is 9.84 Å². The van der Waals surface area contributed by atoms with Gasteiger partial charge in [0.25, 0.3) is 0 Å². The van der Waals surface area contributed by atoms with Crippen molar-refractivity contribution in [3.8, 4) is 11.6 Å². The van der Waals surface area contributed by atoms with Gasteiger partial charge in [-0.15, -0.1) is 0 Å². The minimum atomic E-state index is -0.00227. The van der Waals surface area contributed by atoms with E-state index in [-0.39, 0.29) is 6.61 Å². The molecule has 20 heavy (non-hydrogen) atoms. The first-order valence-corrected chi connectivity index (χ1v) is 7.01. The summed E-state index contributed by atoms with van der Waals surface area (Å²) in [5.41, 5.74) is 2.91. The minimum Gasteiger partial charge on any atom is -0.439 e. The molecule has 0 bridgehead atoms. The number of hydrogen-bond donors (Lipinski definition) is 1. The molecule has 0 aliphatic rings. The van der Waals surface area contributed by atoms with E-state index in [0.29, 0.717) is 11.8 Å². The number of benzene rings is 1. The van der Waals surface area contributed by atoms with Crippen LogP contribution in [-0.4, -0.2) is 10.1 Å². The fourth-order valence-corrected chi connectivity index (χ4v) is 2.11. The number of nitrogens with zero attached hydrogens (tertiary/aromatic N) is 1. The molecular weight excluding hydrogens is 250 g/mol. The van der Waals surface area contributed by atoms with Crippen LogP contribution >= 0.6 is 0 Å². The normalized spacial score (nSPS) is 10.8. The highest BCUT2D eigenvalue weighted by molar-refractivity contribution is 5.38. The highest BCUT2D eigenvalue weighted by Crippen LogP contribution is 2.30. The zero-order chi connectivity index (χ0) is 14.5. The predicted molar refractivity (Wildman–Crippen MR) is 80.1 cm³/mol. The number of rotatable bonds is 5. The van der Waals surface area contributed by atoms with Gasteiger partial charge in [-0.25, -0.2) is 4.98 Å². The molecule has 2 rings (SSSR count). The Morgan fingerprint density at radius 2 is 1.95 bits per heavy atom. The van der Waals surface area contributed by atoms with Crippen LogP contribution in [0.1, 0.15) is 43.5 Å². The molecule has 1 aromatic heterocycles. The van der Waals surface area contributed by atoms with Gasteiger partial charge in [0.15, 0.2) is 0 Å². The molecule has 1 aromatic carbocycles. The van der Waals surface area contributed by atoms with E-state index in [1.54, 1.807) is 6.07 Å². The molecule has 3 heteroatoms. The van der Waals surface area contributed by atoms with Crippen LogP contribution < -0.4 is 4.74 Å². The van der Waals surface area contributed by atoms with Crippen LogP contribution in [0.2, 0.25) is 0 Å². The number of aromatic nitrogens is 1. The first-order valence-electron chi connectivity index (χ1n) is 7.01. The van der Waals surface area contributed by atoms with Crippen molar-refractivity contribution in [2.24, 2.45) is 0 Å². The lowest BCUT2D eigenvalue weighted by atomic mass is 10.0. The molecule has 1 heterocycles. The Bertz CT molecular complexity index is 557. The Hall–Kier alpha value is -1.87. The molecule has 0 amide bonds. The molecule has 0 saturated carbocycles. The topological polar surface area (TPSA) is 42.4 Å². The monoisotopic (exact) mass is 271 g/mol. The van der Waals surface area contributed by atoms with Gasteiger partial charge in [0.1, 0.15) is 5.75 Å². The first-order chi connectivity index (χ1) is 9.63. The van der Waals surface area contributed by atoms with Crippen molar-refractivity contribution in [2.75, 3.05) is 0 Å².